The maximum atomic E-state index is 12.0. The number of anilines is 1. The topological polar surface area (TPSA) is 67.0 Å². The molecule has 1 heterocycles. The summed E-state index contributed by atoms with van der Waals surface area (Å²) < 4.78 is 5.41. The van der Waals surface area contributed by atoms with Crippen molar-refractivity contribution < 1.29 is 9.53 Å². The average molecular weight is 328 g/mol. The van der Waals surface area contributed by atoms with Crippen LogP contribution in [0.15, 0.2) is 61.1 Å². The minimum absolute atomic E-state index is 0.0735. The number of amides is 1. The Morgan fingerprint density at radius 3 is 2.78 bits per heavy atom. The highest BCUT2D eigenvalue weighted by Crippen LogP contribution is 2.20. The predicted molar refractivity (Wildman–Crippen MR) is 89.6 cm³/mol. The van der Waals surface area contributed by atoms with Crippen molar-refractivity contribution in [3.05, 3.63) is 66.1 Å². The Kier molecular flexibility index (Phi) is 4.59. The Hall–Kier alpha value is -2.79. The molecule has 2 N–H and O–H groups in total. The van der Waals surface area contributed by atoms with Crippen LogP contribution < -0.4 is 10.1 Å². The van der Waals surface area contributed by atoms with Crippen molar-refractivity contribution in [2.75, 3.05) is 11.9 Å². The van der Waals surface area contributed by atoms with Gasteiger partial charge in [0.1, 0.15) is 5.75 Å². The number of rotatable bonds is 5. The Morgan fingerprint density at radius 2 is 2.04 bits per heavy atom. The molecule has 0 saturated carbocycles. The zero-order valence-electron chi connectivity index (χ0n) is 12.1. The van der Waals surface area contributed by atoms with Crippen molar-refractivity contribution in [2.45, 2.75) is 0 Å². The van der Waals surface area contributed by atoms with Crippen LogP contribution in [-0.4, -0.2) is 22.5 Å². The molecule has 116 valence electrons. The first kappa shape index (κ1) is 15.1. The monoisotopic (exact) mass is 327 g/mol. The van der Waals surface area contributed by atoms with Gasteiger partial charge in [-0.25, -0.2) is 4.98 Å². The molecule has 0 bridgehead atoms. The molecule has 0 radical (unpaired) electrons. The molecular weight excluding hydrogens is 314 g/mol. The molecule has 3 aromatic rings. The summed E-state index contributed by atoms with van der Waals surface area (Å²) in [4.78, 5) is 19.0. The fourth-order valence-electron chi connectivity index (χ4n) is 2.06. The molecule has 0 aliphatic heterocycles. The van der Waals surface area contributed by atoms with E-state index in [9.17, 15) is 4.79 Å². The number of aromatic nitrogens is 2. The first-order valence-electron chi connectivity index (χ1n) is 6.98. The quantitative estimate of drug-likeness (QED) is 0.750. The van der Waals surface area contributed by atoms with Crippen LogP contribution in [0.1, 0.15) is 0 Å². The molecule has 0 spiro atoms. The van der Waals surface area contributed by atoms with Crippen LogP contribution in [0.25, 0.3) is 11.3 Å². The van der Waals surface area contributed by atoms with E-state index in [1.54, 1.807) is 36.8 Å². The van der Waals surface area contributed by atoms with Gasteiger partial charge in [0.05, 0.1) is 18.2 Å². The Bertz CT molecular complexity index is 786. The number of benzene rings is 2. The molecular formula is C17H14ClN3O2. The van der Waals surface area contributed by atoms with E-state index >= 15 is 0 Å². The Morgan fingerprint density at radius 1 is 1.22 bits per heavy atom. The summed E-state index contributed by atoms with van der Waals surface area (Å²) in [6, 6.07) is 14.3. The van der Waals surface area contributed by atoms with Crippen molar-refractivity contribution in [1.29, 1.82) is 0 Å². The SMILES string of the molecule is O=C(COc1ccc(Cl)cc1)Nc1cccc(-c2cnc[nH]2)c1. The number of nitrogens with one attached hydrogen (secondary N) is 2. The molecule has 3 rings (SSSR count). The minimum atomic E-state index is -0.235. The smallest absolute Gasteiger partial charge is 0.262 e. The number of ether oxygens (including phenoxy) is 1. The molecule has 0 aliphatic rings. The van der Waals surface area contributed by atoms with Gasteiger partial charge in [-0.1, -0.05) is 23.7 Å². The van der Waals surface area contributed by atoms with E-state index in [0.29, 0.717) is 16.5 Å². The second-order valence-electron chi connectivity index (χ2n) is 4.84. The molecule has 6 heteroatoms. The van der Waals surface area contributed by atoms with Crippen LogP contribution in [-0.2, 0) is 4.79 Å². The highest BCUT2D eigenvalue weighted by molar-refractivity contribution is 6.30. The van der Waals surface area contributed by atoms with Crippen molar-refractivity contribution in [2.24, 2.45) is 0 Å². The molecule has 5 nitrogen and oxygen atoms in total. The van der Waals surface area contributed by atoms with E-state index in [1.165, 1.54) is 0 Å². The van der Waals surface area contributed by atoms with Crippen molar-refractivity contribution >= 4 is 23.2 Å². The maximum Gasteiger partial charge on any atom is 0.262 e. The molecule has 1 amide bonds. The van der Waals surface area contributed by atoms with E-state index in [2.05, 4.69) is 15.3 Å². The first-order valence-corrected chi connectivity index (χ1v) is 7.35. The summed E-state index contributed by atoms with van der Waals surface area (Å²) in [5.74, 6) is 0.359. The molecule has 0 atom stereocenters. The van der Waals surface area contributed by atoms with Gasteiger partial charge >= 0.3 is 0 Å². The van der Waals surface area contributed by atoms with Gasteiger partial charge in [0, 0.05) is 16.3 Å². The van der Waals surface area contributed by atoms with Crippen molar-refractivity contribution in [1.82, 2.24) is 9.97 Å². The van der Waals surface area contributed by atoms with Gasteiger partial charge in [-0.15, -0.1) is 0 Å². The van der Waals surface area contributed by atoms with Gasteiger partial charge in [0.25, 0.3) is 5.91 Å². The van der Waals surface area contributed by atoms with E-state index < -0.39 is 0 Å². The molecule has 0 unspecified atom stereocenters. The van der Waals surface area contributed by atoms with E-state index in [0.717, 1.165) is 11.3 Å². The van der Waals surface area contributed by atoms with Crippen molar-refractivity contribution in [3.8, 4) is 17.0 Å². The molecule has 23 heavy (non-hydrogen) atoms. The van der Waals surface area contributed by atoms with Crippen LogP contribution >= 0.6 is 11.6 Å². The van der Waals surface area contributed by atoms with Gasteiger partial charge in [-0.2, -0.15) is 0 Å². The summed E-state index contributed by atoms with van der Waals surface area (Å²) >= 11 is 5.80. The van der Waals surface area contributed by atoms with Crippen molar-refractivity contribution in [3.63, 3.8) is 0 Å². The lowest BCUT2D eigenvalue weighted by Gasteiger charge is -2.08. The number of carbonyl (C=O) groups is 1. The highest BCUT2D eigenvalue weighted by Gasteiger charge is 2.06. The molecule has 1 aromatic heterocycles. The fraction of sp³-hybridized carbons (Fsp3) is 0.0588. The third-order valence-electron chi connectivity index (χ3n) is 3.14. The fourth-order valence-corrected chi connectivity index (χ4v) is 2.18. The summed E-state index contributed by atoms with van der Waals surface area (Å²) in [6.45, 7) is -0.0735. The highest BCUT2D eigenvalue weighted by atomic mass is 35.5. The molecule has 2 aromatic carbocycles. The third kappa shape index (κ3) is 4.11. The first-order chi connectivity index (χ1) is 11.2. The number of aromatic amines is 1. The number of halogens is 1. The number of H-pyrrole nitrogens is 1. The lowest BCUT2D eigenvalue weighted by atomic mass is 10.1. The van der Waals surface area contributed by atoms with Crippen LogP contribution in [0.2, 0.25) is 5.02 Å². The lowest BCUT2D eigenvalue weighted by molar-refractivity contribution is -0.118. The van der Waals surface area contributed by atoms with Gasteiger partial charge < -0.3 is 15.0 Å². The normalized spacial score (nSPS) is 10.3. The maximum absolute atomic E-state index is 12.0. The van der Waals surface area contributed by atoms with Gasteiger partial charge in [-0.05, 0) is 36.4 Å². The Labute approximate surface area is 138 Å². The van der Waals surface area contributed by atoms with Crippen LogP contribution in [0.3, 0.4) is 0 Å². The number of hydrogen-bond acceptors (Lipinski definition) is 3. The largest absolute Gasteiger partial charge is 0.484 e. The third-order valence-corrected chi connectivity index (χ3v) is 3.39. The van der Waals surface area contributed by atoms with Crippen LogP contribution in [0, 0.1) is 0 Å². The van der Waals surface area contributed by atoms with Crippen LogP contribution in [0.4, 0.5) is 5.69 Å². The second kappa shape index (κ2) is 6.98. The summed E-state index contributed by atoms with van der Waals surface area (Å²) in [7, 11) is 0. The van der Waals surface area contributed by atoms with Crippen LogP contribution in [0.5, 0.6) is 5.75 Å². The summed E-state index contributed by atoms with van der Waals surface area (Å²) in [5, 5.41) is 3.42. The van der Waals surface area contributed by atoms with E-state index in [4.69, 9.17) is 16.3 Å². The number of nitrogens with zero attached hydrogens (tertiary/aromatic N) is 1. The predicted octanol–water partition coefficient (Wildman–Crippen LogP) is 3.75. The summed E-state index contributed by atoms with van der Waals surface area (Å²) in [6.07, 6.45) is 3.34. The molecule has 0 fully saturated rings. The lowest BCUT2D eigenvalue weighted by Crippen LogP contribution is -2.20. The minimum Gasteiger partial charge on any atom is -0.484 e. The number of carbonyl (C=O) groups excluding carboxylic acids is 1. The molecule has 0 aliphatic carbocycles. The average Bonchev–Trinajstić information content (AvgIpc) is 3.09. The standard InChI is InChI=1S/C17H14ClN3O2/c18-13-4-6-15(7-5-13)23-10-17(22)21-14-3-1-2-12(8-14)16-9-19-11-20-16/h1-9,11H,10H2,(H,19,20)(H,21,22). The van der Waals surface area contributed by atoms with Gasteiger partial charge in [0.2, 0.25) is 0 Å². The van der Waals surface area contributed by atoms with E-state index in [-0.39, 0.29) is 12.5 Å². The van der Waals surface area contributed by atoms with Gasteiger partial charge in [-0.3, -0.25) is 4.79 Å². The van der Waals surface area contributed by atoms with E-state index in [1.807, 2.05) is 24.3 Å². The zero-order chi connectivity index (χ0) is 16.1. The second-order valence-corrected chi connectivity index (χ2v) is 5.27. The number of imidazole rings is 1. The zero-order valence-corrected chi connectivity index (χ0v) is 12.9. The summed E-state index contributed by atoms with van der Waals surface area (Å²) in [5.41, 5.74) is 2.53. The Balaban J connectivity index is 1.59. The molecule has 0 saturated heterocycles. The van der Waals surface area contributed by atoms with Gasteiger partial charge in [0.15, 0.2) is 6.61 Å². The number of hydrogen-bond donors (Lipinski definition) is 2.